The lowest BCUT2D eigenvalue weighted by molar-refractivity contribution is -0.127. The first-order chi connectivity index (χ1) is 5.89. The number of hydrogen-bond acceptors (Lipinski definition) is 3. The van der Waals surface area contributed by atoms with Gasteiger partial charge in [0, 0.05) is 12.8 Å². The molecule has 0 saturated heterocycles. The van der Waals surface area contributed by atoms with E-state index in [-0.39, 0.29) is 5.78 Å². The Kier molecular flexibility index (Phi) is 3.08. The number of rotatable bonds is 4. The number of sulfonamides is 1. The van der Waals surface area contributed by atoms with Gasteiger partial charge in [0.15, 0.2) is 0 Å². The molecule has 1 atom stereocenters. The van der Waals surface area contributed by atoms with Crippen LogP contribution in [-0.4, -0.2) is 19.5 Å². The van der Waals surface area contributed by atoms with Crippen LogP contribution in [0.5, 0.6) is 0 Å². The molecule has 0 radical (unpaired) electrons. The second kappa shape index (κ2) is 3.75. The highest BCUT2D eigenvalue weighted by molar-refractivity contribution is 7.89. The first-order valence-electron chi connectivity index (χ1n) is 4.43. The zero-order valence-electron chi connectivity index (χ0n) is 7.69. The van der Waals surface area contributed by atoms with Gasteiger partial charge in [-0.2, -0.15) is 0 Å². The third-order valence-electron chi connectivity index (χ3n) is 2.57. The van der Waals surface area contributed by atoms with Gasteiger partial charge in [0.1, 0.15) is 5.78 Å². The summed E-state index contributed by atoms with van der Waals surface area (Å²) in [6, 6.07) is 0. The zero-order chi connectivity index (χ0) is 10.1. The normalized spacial score (nSPS) is 21.2. The molecule has 0 amide bonds. The van der Waals surface area contributed by atoms with E-state index >= 15 is 0 Å². The summed E-state index contributed by atoms with van der Waals surface area (Å²) in [5, 5.41) is 4.47. The van der Waals surface area contributed by atoms with Crippen molar-refractivity contribution in [2.75, 3.05) is 0 Å². The Hall–Kier alpha value is -0.420. The van der Waals surface area contributed by atoms with Gasteiger partial charge in [-0.25, -0.2) is 13.6 Å². The summed E-state index contributed by atoms with van der Waals surface area (Å²) in [5.41, 5.74) is 0. The summed E-state index contributed by atoms with van der Waals surface area (Å²) in [7, 11) is -3.38. The monoisotopic (exact) mass is 205 g/mol. The SMILES string of the molecule is CC(CCC1CC(=O)C1)S(N)(=O)=O. The van der Waals surface area contributed by atoms with E-state index in [9.17, 15) is 13.2 Å². The first kappa shape index (κ1) is 10.7. The summed E-state index contributed by atoms with van der Waals surface area (Å²) in [5.74, 6) is 0.685. The number of primary sulfonamides is 1. The molecule has 0 spiro atoms. The molecular formula is C8H15NO3S. The molecule has 1 unspecified atom stereocenters. The van der Waals surface area contributed by atoms with Gasteiger partial charge in [-0.15, -0.1) is 0 Å². The molecule has 0 aromatic rings. The zero-order valence-corrected chi connectivity index (χ0v) is 8.51. The second-order valence-corrected chi connectivity index (χ2v) is 5.77. The highest BCUT2D eigenvalue weighted by Crippen LogP contribution is 2.28. The van der Waals surface area contributed by atoms with Gasteiger partial charge < -0.3 is 0 Å². The van der Waals surface area contributed by atoms with E-state index in [0.717, 1.165) is 6.42 Å². The van der Waals surface area contributed by atoms with Gasteiger partial charge in [-0.1, -0.05) is 0 Å². The highest BCUT2D eigenvalue weighted by atomic mass is 32.2. The predicted octanol–water partition coefficient (Wildman–Crippen LogP) is 0.423. The van der Waals surface area contributed by atoms with E-state index in [1.807, 2.05) is 0 Å². The molecule has 0 aliphatic heterocycles. The molecule has 0 aromatic heterocycles. The van der Waals surface area contributed by atoms with Crippen molar-refractivity contribution < 1.29 is 13.2 Å². The summed E-state index contributed by atoms with van der Waals surface area (Å²) in [4.78, 5) is 10.6. The van der Waals surface area contributed by atoms with Gasteiger partial charge in [-0.05, 0) is 25.7 Å². The Morgan fingerprint density at radius 3 is 2.46 bits per heavy atom. The molecule has 1 rings (SSSR count). The molecule has 5 heteroatoms. The topological polar surface area (TPSA) is 77.2 Å². The van der Waals surface area contributed by atoms with Crippen molar-refractivity contribution in [3.8, 4) is 0 Å². The van der Waals surface area contributed by atoms with E-state index < -0.39 is 15.3 Å². The molecule has 0 aromatic carbocycles. The Labute approximate surface area is 78.6 Å². The lowest BCUT2D eigenvalue weighted by Gasteiger charge is -2.24. The maximum absolute atomic E-state index is 10.8. The maximum Gasteiger partial charge on any atom is 0.211 e. The van der Waals surface area contributed by atoms with Crippen LogP contribution >= 0.6 is 0 Å². The molecule has 1 fully saturated rings. The van der Waals surface area contributed by atoms with Crippen LogP contribution in [0.2, 0.25) is 0 Å². The van der Waals surface area contributed by atoms with Crippen LogP contribution in [-0.2, 0) is 14.8 Å². The molecule has 13 heavy (non-hydrogen) atoms. The minimum absolute atomic E-state index is 0.285. The third-order valence-corrected chi connectivity index (χ3v) is 3.93. The second-order valence-electron chi connectivity index (χ2n) is 3.79. The van der Waals surface area contributed by atoms with E-state index in [0.29, 0.717) is 25.2 Å². The minimum Gasteiger partial charge on any atom is -0.300 e. The maximum atomic E-state index is 10.8. The average Bonchev–Trinajstić information content (AvgIpc) is 1.93. The lowest BCUT2D eigenvalue weighted by atomic mass is 9.80. The number of nitrogens with two attached hydrogens (primary N) is 1. The fourth-order valence-corrected chi connectivity index (χ4v) is 1.89. The summed E-state index contributed by atoms with van der Waals surface area (Å²) < 4.78 is 21.7. The molecule has 1 aliphatic rings. The van der Waals surface area contributed by atoms with Crippen LogP contribution in [0.25, 0.3) is 0 Å². The summed E-state index contributed by atoms with van der Waals surface area (Å²) in [6.45, 7) is 1.61. The van der Waals surface area contributed by atoms with Gasteiger partial charge >= 0.3 is 0 Å². The number of carbonyl (C=O) groups is 1. The quantitative estimate of drug-likeness (QED) is 0.722. The molecule has 0 heterocycles. The lowest BCUT2D eigenvalue weighted by Crippen LogP contribution is -2.29. The van der Waals surface area contributed by atoms with Crippen molar-refractivity contribution >= 4 is 15.8 Å². The van der Waals surface area contributed by atoms with Crippen molar-refractivity contribution in [3.05, 3.63) is 0 Å². The standard InChI is InChI=1S/C8H15NO3S/c1-6(13(9,11)12)2-3-7-4-8(10)5-7/h6-7H,2-5H2,1H3,(H2,9,11,12). The molecule has 76 valence electrons. The fraction of sp³-hybridized carbons (Fsp3) is 0.875. The summed E-state index contributed by atoms with van der Waals surface area (Å²) in [6.07, 6.45) is 2.61. The largest absolute Gasteiger partial charge is 0.300 e. The van der Waals surface area contributed by atoms with E-state index in [4.69, 9.17) is 5.14 Å². The molecule has 4 nitrogen and oxygen atoms in total. The van der Waals surface area contributed by atoms with E-state index in [1.54, 1.807) is 6.92 Å². The molecule has 1 aliphatic carbocycles. The van der Waals surface area contributed by atoms with Crippen molar-refractivity contribution in [2.24, 2.45) is 11.1 Å². The summed E-state index contributed by atoms with van der Waals surface area (Å²) >= 11 is 0. The molecule has 2 N–H and O–H groups in total. The number of carbonyl (C=O) groups excluding carboxylic acids is 1. The van der Waals surface area contributed by atoms with Crippen molar-refractivity contribution in [2.45, 2.75) is 37.9 Å². The van der Waals surface area contributed by atoms with Crippen molar-refractivity contribution in [1.82, 2.24) is 0 Å². The Balaban J connectivity index is 2.23. The number of ketones is 1. The Bertz CT molecular complexity index is 289. The molecule has 1 saturated carbocycles. The molecule has 0 bridgehead atoms. The van der Waals surface area contributed by atoms with Crippen LogP contribution < -0.4 is 5.14 Å². The van der Waals surface area contributed by atoms with Gasteiger partial charge in [0.05, 0.1) is 5.25 Å². The van der Waals surface area contributed by atoms with Crippen LogP contribution in [0.4, 0.5) is 0 Å². The first-order valence-corrected chi connectivity index (χ1v) is 6.04. The predicted molar refractivity (Wildman–Crippen MR) is 49.5 cm³/mol. The third kappa shape index (κ3) is 3.08. The van der Waals surface area contributed by atoms with Gasteiger partial charge in [0.25, 0.3) is 0 Å². The number of Topliss-reactive ketones (excluding diaryl/α,β-unsaturated/α-hetero) is 1. The van der Waals surface area contributed by atoms with Gasteiger partial charge in [0.2, 0.25) is 10.0 Å². The van der Waals surface area contributed by atoms with Crippen molar-refractivity contribution in [3.63, 3.8) is 0 Å². The van der Waals surface area contributed by atoms with Crippen LogP contribution in [0.1, 0.15) is 32.6 Å². The smallest absolute Gasteiger partial charge is 0.211 e. The van der Waals surface area contributed by atoms with E-state index in [1.165, 1.54) is 0 Å². The van der Waals surface area contributed by atoms with Crippen molar-refractivity contribution in [1.29, 1.82) is 0 Å². The van der Waals surface area contributed by atoms with E-state index in [2.05, 4.69) is 0 Å². The van der Waals surface area contributed by atoms with Gasteiger partial charge in [-0.3, -0.25) is 4.79 Å². The highest BCUT2D eigenvalue weighted by Gasteiger charge is 2.27. The Morgan fingerprint density at radius 1 is 1.54 bits per heavy atom. The number of hydrogen-bond donors (Lipinski definition) is 1. The van der Waals surface area contributed by atoms with Crippen LogP contribution in [0.3, 0.4) is 0 Å². The van der Waals surface area contributed by atoms with Crippen LogP contribution in [0, 0.1) is 5.92 Å². The van der Waals surface area contributed by atoms with Crippen LogP contribution in [0.15, 0.2) is 0 Å². The Morgan fingerprint density at radius 2 is 2.08 bits per heavy atom. The fourth-order valence-electron chi connectivity index (χ4n) is 1.42. The minimum atomic E-state index is -3.38. The molecular weight excluding hydrogens is 190 g/mol. The average molecular weight is 205 g/mol.